The van der Waals surface area contributed by atoms with Crippen LogP contribution in [0.5, 0.6) is 5.75 Å². The van der Waals surface area contributed by atoms with E-state index in [1.807, 2.05) is 5.38 Å². The lowest BCUT2D eigenvalue weighted by Gasteiger charge is -2.09. The molecule has 0 aliphatic heterocycles. The Morgan fingerprint density at radius 2 is 1.69 bits per heavy atom. The maximum absolute atomic E-state index is 13.8. The molecule has 8 heteroatoms. The number of nitrogens with one attached hydrogen (secondary N) is 2. The highest BCUT2D eigenvalue weighted by atomic mass is 32.1. The van der Waals surface area contributed by atoms with Crippen LogP contribution in [0.4, 0.5) is 15.8 Å². The minimum atomic E-state index is -0.699. The van der Waals surface area contributed by atoms with Crippen molar-refractivity contribution in [3.63, 3.8) is 0 Å². The largest absolute Gasteiger partial charge is 0.484 e. The van der Waals surface area contributed by atoms with Crippen molar-refractivity contribution in [1.82, 2.24) is 0 Å². The normalized spacial score (nSPS) is 10.3. The molecule has 0 aliphatic rings. The highest BCUT2D eigenvalue weighted by molar-refractivity contribution is 7.12. The minimum absolute atomic E-state index is 0.0342. The average molecular weight is 412 g/mol. The summed E-state index contributed by atoms with van der Waals surface area (Å²) in [5, 5.41) is 7.23. The lowest BCUT2D eigenvalue weighted by molar-refractivity contribution is -0.118. The zero-order chi connectivity index (χ0) is 20.8. The van der Waals surface area contributed by atoms with Gasteiger partial charge in [-0.3, -0.25) is 14.4 Å². The van der Waals surface area contributed by atoms with Gasteiger partial charge in [0, 0.05) is 17.4 Å². The summed E-state index contributed by atoms with van der Waals surface area (Å²) < 4.78 is 19.0. The van der Waals surface area contributed by atoms with Crippen LogP contribution < -0.4 is 15.4 Å². The summed E-state index contributed by atoms with van der Waals surface area (Å²) in [4.78, 5) is 35.8. The van der Waals surface area contributed by atoms with Crippen LogP contribution >= 0.6 is 11.3 Å². The van der Waals surface area contributed by atoms with Crippen molar-refractivity contribution in [3.05, 3.63) is 76.2 Å². The van der Waals surface area contributed by atoms with Crippen LogP contribution in [0.1, 0.15) is 27.0 Å². The molecular formula is C21H17FN2O4S. The summed E-state index contributed by atoms with van der Waals surface area (Å²) in [6.45, 7) is 0.945. The first-order valence-corrected chi connectivity index (χ1v) is 9.48. The van der Waals surface area contributed by atoms with Crippen LogP contribution in [0.2, 0.25) is 0 Å². The number of ether oxygens (including phenoxy) is 1. The molecule has 0 bridgehead atoms. The molecule has 3 rings (SSSR count). The lowest BCUT2D eigenvalue weighted by Crippen LogP contribution is -2.20. The first kappa shape index (κ1) is 20.2. The van der Waals surface area contributed by atoms with Gasteiger partial charge in [0.15, 0.2) is 12.4 Å². The second kappa shape index (κ2) is 9.11. The molecule has 1 aromatic heterocycles. The molecule has 3 aromatic rings. The van der Waals surface area contributed by atoms with Gasteiger partial charge in [-0.25, -0.2) is 4.39 Å². The predicted octanol–water partition coefficient (Wildman–Crippen LogP) is 4.36. The number of Topliss-reactive ketones (excluding diaryl/α,β-unsaturated/α-hetero) is 1. The van der Waals surface area contributed by atoms with Gasteiger partial charge in [0.2, 0.25) is 0 Å². The third-order valence-corrected chi connectivity index (χ3v) is 4.73. The lowest BCUT2D eigenvalue weighted by atomic mass is 10.1. The third kappa shape index (κ3) is 5.49. The molecule has 0 fully saturated rings. The SMILES string of the molecule is CC(=O)c1ccc(OCC(=O)Nc2ccc(NC(=O)c3cccs3)cc2)cc1F. The first-order valence-electron chi connectivity index (χ1n) is 8.60. The molecule has 0 spiro atoms. The van der Waals surface area contributed by atoms with Crippen molar-refractivity contribution in [3.8, 4) is 5.75 Å². The number of amides is 2. The Hall–Kier alpha value is -3.52. The van der Waals surface area contributed by atoms with Gasteiger partial charge in [-0.2, -0.15) is 0 Å². The van der Waals surface area contributed by atoms with Crippen molar-refractivity contribution in [2.45, 2.75) is 6.92 Å². The molecule has 0 saturated carbocycles. The maximum atomic E-state index is 13.8. The fourth-order valence-electron chi connectivity index (χ4n) is 2.45. The zero-order valence-corrected chi connectivity index (χ0v) is 16.2. The van der Waals surface area contributed by atoms with Gasteiger partial charge in [-0.05, 0) is 54.8 Å². The number of carbonyl (C=O) groups is 3. The van der Waals surface area contributed by atoms with E-state index in [0.29, 0.717) is 16.3 Å². The topological polar surface area (TPSA) is 84.5 Å². The van der Waals surface area contributed by atoms with E-state index in [1.165, 1.54) is 30.4 Å². The van der Waals surface area contributed by atoms with Gasteiger partial charge in [0.1, 0.15) is 11.6 Å². The van der Waals surface area contributed by atoms with Crippen molar-refractivity contribution in [2.24, 2.45) is 0 Å². The van der Waals surface area contributed by atoms with Crippen LogP contribution in [-0.2, 0) is 4.79 Å². The quantitative estimate of drug-likeness (QED) is 0.565. The van der Waals surface area contributed by atoms with Gasteiger partial charge in [-0.15, -0.1) is 11.3 Å². The number of benzene rings is 2. The van der Waals surface area contributed by atoms with Crippen LogP contribution in [-0.4, -0.2) is 24.2 Å². The number of carbonyl (C=O) groups excluding carboxylic acids is 3. The monoisotopic (exact) mass is 412 g/mol. The summed E-state index contributed by atoms with van der Waals surface area (Å²) >= 11 is 1.35. The molecule has 0 radical (unpaired) electrons. The number of thiophene rings is 1. The minimum Gasteiger partial charge on any atom is -0.484 e. The van der Waals surface area contributed by atoms with Crippen molar-refractivity contribution in [2.75, 3.05) is 17.2 Å². The van der Waals surface area contributed by atoms with Gasteiger partial charge in [-0.1, -0.05) is 6.07 Å². The highest BCUT2D eigenvalue weighted by Gasteiger charge is 2.10. The maximum Gasteiger partial charge on any atom is 0.265 e. The fourth-order valence-corrected chi connectivity index (χ4v) is 3.07. The van der Waals surface area contributed by atoms with E-state index in [-0.39, 0.29) is 29.6 Å². The van der Waals surface area contributed by atoms with Crippen LogP contribution in [0, 0.1) is 5.82 Å². The number of hydrogen-bond acceptors (Lipinski definition) is 5. The van der Waals surface area contributed by atoms with E-state index in [1.54, 1.807) is 36.4 Å². The smallest absolute Gasteiger partial charge is 0.265 e. The van der Waals surface area contributed by atoms with Crippen LogP contribution in [0.3, 0.4) is 0 Å². The molecule has 2 N–H and O–H groups in total. The number of anilines is 2. The average Bonchev–Trinajstić information content (AvgIpc) is 3.23. The summed E-state index contributed by atoms with van der Waals surface area (Å²) in [5.74, 6) is -1.57. The van der Waals surface area contributed by atoms with Crippen LogP contribution in [0.15, 0.2) is 60.0 Å². The van der Waals surface area contributed by atoms with Crippen LogP contribution in [0.25, 0.3) is 0 Å². The first-order chi connectivity index (χ1) is 13.9. The van der Waals surface area contributed by atoms with Gasteiger partial charge in [0.25, 0.3) is 11.8 Å². The number of hydrogen-bond donors (Lipinski definition) is 2. The Labute approximate surface area is 170 Å². The number of halogens is 1. The molecular weight excluding hydrogens is 395 g/mol. The Bertz CT molecular complexity index is 1030. The predicted molar refractivity (Wildman–Crippen MR) is 109 cm³/mol. The van der Waals surface area contributed by atoms with Crippen molar-refractivity contribution >= 4 is 40.3 Å². The molecule has 0 atom stereocenters. The summed E-state index contributed by atoms with van der Waals surface area (Å²) in [7, 11) is 0. The van der Waals surface area contributed by atoms with Gasteiger partial charge in [0.05, 0.1) is 10.4 Å². The molecule has 29 heavy (non-hydrogen) atoms. The van der Waals surface area contributed by atoms with E-state index in [2.05, 4.69) is 10.6 Å². The molecule has 2 amide bonds. The standard InChI is InChI=1S/C21H17FN2O4S/c1-13(25)17-9-8-16(11-18(17)22)28-12-20(26)23-14-4-6-15(7-5-14)24-21(27)19-3-2-10-29-19/h2-11H,12H2,1H3,(H,23,26)(H,24,27). The molecule has 0 aliphatic carbocycles. The Morgan fingerprint density at radius 3 is 2.28 bits per heavy atom. The molecule has 2 aromatic carbocycles. The molecule has 1 heterocycles. The second-order valence-corrected chi connectivity index (χ2v) is 6.99. The molecule has 0 saturated heterocycles. The van der Waals surface area contributed by atoms with Crippen molar-refractivity contribution < 1.29 is 23.5 Å². The van der Waals surface area contributed by atoms with E-state index < -0.39 is 11.7 Å². The van der Waals surface area contributed by atoms with E-state index in [0.717, 1.165) is 6.07 Å². The molecule has 6 nitrogen and oxygen atoms in total. The zero-order valence-electron chi connectivity index (χ0n) is 15.4. The summed E-state index contributed by atoms with van der Waals surface area (Å²) in [6.07, 6.45) is 0. The third-order valence-electron chi connectivity index (χ3n) is 3.86. The van der Waals surface area contributed by atoms with Gasteiger partial charge >= 0.3 is 0 Å². The highest BCUT2D eigenvalue weighted by Crippen LogP contribution is 2.18. The number of rotatable bonds is 7. The summed E-state index contributed by atoms with van der Waals surface area (Å²) in [5.41, 5.74) is 1.08. The Morgan fingerprint density at radius 1 is 1.00 bits per heavy atom. The van der Waals surface area contributed by atoms with E-state index >= 15 is 0 Å². The van der Waals surface area contributed by atoms with E-state index in [4.69, 9.17) is 4.74 Å². The second-order valence-electron chi connectivity index (χ2n) is 6.04. The Kier molecular flexibility index (Phi) is 6.36. The summed E-state index contributed by atoms with van der Waals surface area (Å²) in [6, 6.07) is 13.9. The van der Waals surface area contributed by atoms with E-state index in [9.17, 15) is 18.8 Å². The van der Waals surface area contributed by atoms with Gasteiger partial charge < -0.3 is 15.4 Å². The molecule has 148 valence electrons. The fraction of sp³-hybridized carbons (Fsp3) is 0.0952. The van der Waals surface area contributed by atoms with Crippen molar-refractivity contribution in [1.29, 1.82) is 0 Å². The Balaban J connectivity index is 1.51. The number of ketones is 1. The molecule has 0 unspecified atom stereocenters.